The van der Waals surface area contributed by atoms with Gasteiger partial charge in [-0.2, -0.15) is 5.10 Å². The zero-order chi connectivity index (χ0) is 15.6. The lowest BCUT2D eigenvalue weighted by Crippen LogP contribution is -2.24. The van der Waals surface area contributed by atoms with Crippen molar-refractivity contribution in [2.24, 2.45) is 0 Å². The van der Waals surface area contributed by atoms with E-state index in [1.807, 2.05) is 0 Å². The topological polar surface area (TPSA) is 84.2 Å². The van der Waals surface area contributed by atoms with E-state index >= 15 is 0 Å². The molecule has 110 valence electrons. The molecule has 21 heavy (non-hydrogen) atoms. The van der Waals surface area contributed by atoms with Gasteiger partial charge in [0, 0.05) is 10.7 Å². The van der Waals surface area contributed by atoms with Gasteiger partial charge in [-0.25, -0.2) is 9.18 Å². The van der Waals surface area contributed by atoms with Crippen LogP contribution in [0, 0.1) is 5.82 Å². The van der Waals surface area contributed by atoms with E-state index in [0.717, 1.165) is 0 Å². The number of nitrogens with zero attached hydrogens (tertiary/aromatic N) is 2. The van der Waals surface area contributed by atoms with Gasteiger partial charge in [0.25, 0.3) is 0 Å². The molecule has 2 N–H and O–H groups in total. The number of carboxylic acids is 1. The predicted molar refractivity (Wildman–Crippen MR) is 76.6 cm³/mol. The average Bonchev–Trinajstić information content (AvgIpc) is 2.90. The zero-order valence-corrected chi connectivity index (χ0v) is 12.5. The molecule has 0 spiro atoms. The lowest BCUT2D eigenvalue weighted by molar-refractivity contribution is -0.119. The minimum Gasteiger partial charge on any atom is -0.476 e. The maximum Gasteiger partial charge on any atom is 0.356 e. The highest BCUT2D eigenvalue weighted by Gasteiger charge is 2.19. The van der Waals surface area contributed by atoms with Crippen LogP contribution in [-0.4, -0.2) is 26.8 Å². The first kappa shape index (κ1) is 15.2. The van der Waals surface area contributed by atoms with Crippen LogP contribution < -0.4 is 5.32 Å². The molecule has 6 nitrogen and oxygen atoms in total. The molecule has 2 aromatic rings. The second-order valence-corrected chi connectivity index (χ2v) is 5.19. The zero-order valence-electron chi connectivity index (χ0n) is 10.9. The third-order valence-corrected chi connectivity index (χ3v) is 3.29. The van der Waals surface area contributed by atoms with Crippen molar-refractivity contribution < 1.29 is 19.1 Å². The van der Waals surface area contributed by atoms with Crippen molar-refractivity contribution in [3.8, 4) is 0 Å². The summed E-state index contributed by atoms with van der Waals surface area (Å²) in [5.41, 5.74) is -0.120. The smallest absolute Gasteiger partial charge is 0.356 e. The number of halogens is 2. The van der Waals surface area contributed by atoms with E-state index in [-0.39, 0.29) is 11.4 Å². The van der Waals surface area contributed by atoms with E-state index in [1.165, 1.54) is 36.0 Å². The first-order valence-corrected chi connectivity index (χ1v) is 6.72. The molecular formula is C13H11BrFN3O3. The molecule has 2 rings (SSSR count). The highest BCUT2D eigenvalue weighted by Crippen LogP contribution is 2.20. The third-order valence-electron chi connectivity index (χ3n) is 2.79. The number of carboxylic acid groups (broad SMARTS) is 1. The summed E-state index contributed by atoms with van der Waals surface area (Å²) in [6, 6.07) is 4.76. The molecule has 1 aromatic heterocycles. The van der Waals surface area contributed by atoms with E-state index in [2.05, 4.69) is 26.3 Å². The summed E-state index contributed by atoms with van der Waals surface area (Å²) in [5.74, 6) is -2.26. The second kappa shape index (κ2) is 6.04. The Balaban J connectivity index is 2.13. The summed E-state index contributed by atoms with van der Waals surface area (Å²) < 4.78 is 15.4. The van der Waals surface area contributed by atoms with Gasteiger partial charge in [-0.3, -0.25) is 9.48 Å². The van der Waals surface area contributed by atoms with E-state index in [4.69, 9.17) is 5.11 Å². The summed E-state index contributed by atoms with van der Waals surface area (Å²) >= 11 is 3.12. The van der Waals surface area contributed by atoms with Crippen molar-refractivity contribution in [1.82, 2.24) is 9.78 Å². The molecule has 0 aliphatic carbocycles. The number of nitrogens with one attached hydrogen (secondary N) is 1. The van der Waals surface area contributed by atoms with Crippen LogP contribution in [0.3, 0.4) is 0 Å². The third kappa shape index (κ3) is 3.46. The number of hydrogen-bond donors (Lipinski definition) is 2. The van der Waals surface area contributed by atoms with Crippen LogP contribution in [0.4, 0.5) is 10.1 Å². The average molecular weight is 356 g/mol. The van der Waals surface area contributed by atoms with Gasteiger partial charge in [0.2, 0.25) is 5.91 Å². The van der Waals surface area contributed by atoms with Crippen LogP contribution in [0.5, 0.6) is 0 Å². The Hall–Kier alpha value is -2.22. The Morgan fingerprint density at radius 1 is 1.43 bits per heavy atom. The molecule has 1 heterocycles. The van der Waals surface area contributed by atoms with E-state index < -0.39 is 23.7 Å². The molecule has 1 unspecified atom stereocenters. The van der Waals surface area contributed by atoms with Crippen molar-refractivity contribution in [2.75, 3.05) is 5.32 Å². The Morgan fingerprint density at radius 2 is 2.14 bits per heavy atom. The number of anilines is 1. The van der Waals surface area contributed by atoms with Crippen molar-refractivity contribution >= 4 is 33.5 Å². The molecule has 0 saturated carbocycles. The molecule has 0 saturated heterocycles. The fourth-order valence-corrected chi connectivity index (χ4v) is 1.95. The Bertz CT molecular complexity index is 702. The number of hydrogen-bond acceptors (Lipinski definition) is 3. The minimum absolute atomic E-state index is 0.0423. The summed E-state index contributed by atoms with van der Waals surface area (Å²) in [5, 5.41) is 15.0. The molecule has 8 heteroatoms. The quantitative estimate of drug-likeness (QED) is 0.882. The van der Waals surface area contributed by atoms with E-state index in [0.29, 0.717) is 4.47 Å². The number of aromatic carboxylic acids is 1. The summed E-state index contributed by atoms with van der Waals surface area (Å²) in [6.45, 7) is 1.53. The van der Waals surface area contributed by atoms with Crippen LogP contribution >= 0.6 is 15.9 Å². The maximum absolute atomic E-state index is 13.6. The van der Waals surface area contributed by atoms with Crippen molar-refractivity contribution in [3.05, 3.63) is 46.4 Å². The fraction of sp³-hybridized carbons (Fsp3) is 0.154. The Labute approximate surface area is 127 Å². The number of carbonyl (C=O) groups is 2. The van der Waals surface area contributed by atoms with Gasteiger partial charge >= 0.3 is 5.97 Å². The number of carbonyl (C=O) groups excluding carboxylic acids is 1. The van der Waals surface area contributed by atoms with Gasteiger partial charge < -0.3 is 10.4 Å². The van der Waals surface area contributed by atoms with Gasteiger partial charge in [-0.15, -0.1) is 0 Å². The normalized spacial score (nSPS) is 12.0. The Morgan fingerprint density at radius 3 is 2.71 bits per heavy atom. The van der Waals surface area contributed by atoms with E-state index in [9.17, 15) is 14.0 Å². The van der Waals surface area contributed by atoms with Gasteiger partial charge in [0.05, 0.1) is 5.69 Å². The van der Waals surface area contributed by atoms with Gasteiger partial charge in [-0.05, 0) is 31.2 Å². The van der Waals surface area contributed by atoms with Crippen LogP contribution in [0.1, 0.15) is 23.5 Å². The molecule has 1 amide bonds. The molecule has 1 atom stereocenters. The number of aromatic nitrogens is 2. The highest BCUT2D eigenvalue weighted by molar-refractivity contribution is 9.10. The predicted octanol–water partition coefficient (Wildman–Crippen LogP) is 2.68. The molecule has 0 aliphatic heterocycles. The van der Waals surface area contributed by atoms with Crippen LogP contribution in [-0.2, 0) is 4.79 Å². The lowest BCUT2D eigenvalue weighted by atomic mass is 10.2. The SMILES string of the molecule is CC(C(=O)Nc1ccc(Br)cc1F)n1ccc(C(=O)O)n1. The van der Waals surface area contributed by atoms with Crippen molar-refractivity contribution in [2.45, 2.75) is 13.0 Å². The summed E-state index contributed by atoms with van der Waals surface area (Å²) in [4.78, 5) is 22.8. The van der Waals surface area contributed by atoms with Gasteiger partial charge in [-0.1, -0.05) is 15.9 Å². The standard InChI is InChI=1S/C13H11BrFN3O3/c1-7(18-5-4-11(17-18)13(20)21)12(19)16-10-3-2-8(14)6-9(10)15/h2-7H,1H3,(H,16,19)(H,20,21). The van der Waals surface area contributed by atoms with E-state index in [1.54, 1.807) is 6.07 Å². The van der Waals surface area contributed by atoms with Crippen LogP contribution in [0.25, 0.3) is 0 Å². The number of amides is 1. The van der Waals surface area contributed by atoms with Crippen molar-refractivity contribution in [1.29, 1.82) is 0 Å². The first-order valence-electron chi connectivity index (χ1n) is 5.93. The number of rotatable bonds is 4. The van der Waals surface area contributed by atoms with Crippen LogP contribution in [0.15, 0.2) is 34.9 Å². The highest BCUT2D eigenvalue weighted by atomic mass is 79.9. The summed E-state index contributed by atoms with van der Waals surface area (Å²) in [7, 11) is 0. The summed E-state index contributed by atoms with van der Waals surface area (Å²) in [6.07, 6.45) is 1.38. The first-order chi connectivity index (χ1) is 9.88. The molecule has 0 radical (unpaired) electrons. The minimum atomic E-state index is -1.18. The fourth-order valence-electron chi connectivity index (χ4n) is 1.62. The largest absolute Gasteiger partial charge is 0.476 e. The molecule has 1 aromatic carbocycles. The second-order valence-electron chi connectivity index (χ2n) is 4.28. The van der Waals surface area contributed by atoms with Gasteiger partial charge in [0.1, 0.15) is 11.9 Å². The number of benzene rings is 1. The van der Waals surface area contributed by atoms with Crippen molar-refractivity contribution in [3.63, 3.8) is 0 Å². The molecule has 0 bridgehead atoms. The molecule has 0 aliphatic rings. The monoisotopic (exact) mass is 355 g/mol. The molecular weight excluding hydrogens is 345 g/mol. The Kier molecular flexibility index (Phi) is 4.37. The maximum atomic E-state index is 13.6. The molecule has 0 fully saturated rings. The van der Waals surface area contributed by atoms with Crippen LogP contribution in [0.2, 0.25) is 0 Å². The van der Waals surface area contributed by atoms with Gasteiger partial charge in [0.15, 0.2) is 5.69 Å². The lowest BCUT2D eigenvalue weighted by Gasteiger charge is -2.13.